The van der Waals surface area contributed by atoms with Gasteiger partial charge >= 0.3 is 0 Å². The Labute approximate surface area is 101 Å². The lowest BCUT2D eigenvalue weighted by atomic mass is 10.1. The van der Waals surface area contributed by atoms with Gasteiger partial charge in [-0.25, -0.2) is 0 Å². The first-order valence-electron chi connectivity index (χ1n) is 5.46. The van der Waals surface area contributed by atoms with Crippen molar-refractivity contribution in [3.63, 3.8) is 0 Å². The molecule has 0 spiro atoms. The number of benzene rings is 2. The zero-order valence-electron chi connectivity index (χ0n) is 9.76. The average Bonchev–Trinajstić information content (AvgIpc) is 2.39. The number of anilines is 1. The van der Waals surface area contributed by atoms with Crippen LogP contribution in [0.4, 0.5) is 5.69 Å². The predicted octanol–water partition coefficient (Wildman–Crippen LogP) is 3.45. The van der Waals surface area contributed by atoms with E-state index in [1.807, 2.05) is 60.7 Å². The van der Waals surface area contributed by atoms with Crippen molar-refractivity contribution >= 4 is 17.8 Å². The van der Waals surface area contributed by atoms with Crippen LogP contribution >= 0.6 is 0 Å². The number of rotatable bonds is 3. The molecule has 0 aromatic heterocycles. The molecule has 0 radical (unpaired) electrons. The molecule has 0 amide bonds. The van der Waals surface area contributed by atoms with Crippen LogP contribution in [0.5, 0.6) is 5.75 Å². The summed E-state index contributed by atoms with van der Waals surface area (Å²) in [6.45, 7) is 0. The summed E-state index contributed by atoms with van der Waals surface area (Å²) < 4.78 is 5.17. The number of hydrogen-bond acceptors (Lipinski definition) is 2. The molecule has 2 aromatic carbocycles. The van der Waals surface area contributed by atoms with Gasteiger partial charge in [0.15, 0.2) is 0 Å². The molecule has 0 aliphatic heterocycles. The molecule has 0 atom stereocenters. The molecule has 0 heterocycles. The molecule has 0 aliphatic carbocycles. The van der Waals surface area contributed by atoms with Crippen molar-refractivity contribution in [1.82, 2.24) is 0 Å². The van der Waals surface area contributed by atoms with Crippen molar-refractivity contribution in [2.45, 2.75) is 0 Å². The van der Waals surface area contributed by atoms with E-state index in [1.165, 1.54) is 0 Å². The molecule has 0 aliphatic rings. The van der Waals surface area contributed by atoms with E-state index >= 15 is 0 Å². The highest BCUT2D eigenvalue weighted by Gasteiger charge is 1.97. The zero-order valence-corrected chi connectivity index (χ0v) is 9.76. The van der Waals surface area contributed by atoms with Crippen molar-refractivity contribution in [1.29, 1.82) is 0 Å². The van der Waals surface area contributed by atoms with Gasteiger partial charge in [-0.3, -0.25) is 0 Å². The lowest BCUT2D eigenvalue weighted by Crippen LogP contribution is -1.90. The number of nitrogen functional groups attached to an aromatic ring is 1. The van der Waals surface area contributed by atoms with E-state index in [1.54, 1.807) is 7.11 Å². The molecular formula is C15H15NO. The summed E-state index contributed by atoms with van der Waals surface area (Å²) >= 11 is 0. The number of hydrogen-bond donors (Lipinski definition) is 1. The van der Waals surface area contributed by atoms with Crippen molar-refractivity contribution in [3.05, 3.63) is 59.7 Å². The summed E-state index contributed by atoms with van der Waals surface area (Å²) in [7, 11) is 1.65. The minimum atomic E-state index is 0.748. The van der Waals surface area contributed by atoms with Crippen molar-refractivity contribution in [3.8, 4) is 5.75 Å². The molecule has 0 bridgehead atoms. The van der Waals surface area contributed by atoms with Gasteiger partial charge in [-0.15, -0.1) is 0 Å². The van der Waals surface area contributed by atoms with E-state index < -0.39 is 0 Å². The summed E-state index contributed by atoms with van der Waals surface area (Å²) in [5, 5.41) is 0. The second kappa shape index (κ2) is 5.21. The first-order valence-corrected chi connectivity index (χ1v) is 5.46. The molecule has 2 heteroatoms. The Morgan fingerprint density at radius 1 is 1.00 bits per heavy atom. The zero-order chi connectivity index (χ0) is 12.1. The maximum Gasteiger partial charge on any atom is 0.119 e. The lowest BCUT2D eigenvalue weighted by molar-refractivity contribution is 0.415. The van der Waals surface area contributed by atoms with E-state index in [0.717, 1.165) is 22.6 Å². The van der Waals surface area contributed by atoms with Crippen LogP contribution in [0, 0.1) is 0 Å². The standard InChI is InChI=1S/C15H15NO/c1-17-14-9-10-15(16)13(11-14)8-7-12-5-3-2-4-6-12/h2-11H,16H2,1H3. The maximum atomic E-state index is 5.90. The van der Waals surface area contributed by atoms with Gasteiger partial charge in [0, 0.05) is 11.3 Å². The van der Waals surface area contributed by atoms with E-state index in [4.69, 9.17) is 10.5 Å². The smallest absolute Gasteiger partial charge is 0.119 e. The Balaban J connectivity index is 2.26. The van der Waals surface area contributed by atoms with Crippen LogP contribution in [-0.4, -0.2) is 7.11 Å². The molecule has 0 fully saturated rings. The molecule has 2 N–H and O–H groups in total. The molecule has 2 aromatic rings. The highest BCUT2D eigenvalue weighted by atomic mass is 16.5. The second-order valence-electron chi connectivity index (χ2n) is 3.74. The SMILES string of the molecule is COc1ccc(N)c(C=Cc2ccccc2)c1. The fourth-order valence-electron chi connectivity index (χ4n) is 1.57. The van der Waals surface area contributed by atoms with Crippen molar-refractivity contribution in [2.24, 2.45) is 0 Å². The van der Waals surface area contributed by atoms with Gasteiger partial charge < -0.3 is 10.5 Å². The highest BCUT2D eigenvalue weighted by molar-refractivity contribution is 5.76. The first kappa shape index (κ1) is 11.3. The fourth-order valence-corrected chi connectivity index (χ4v) is 1.57. The topological polar surface area (TPSA) is 35.2 Å². The van der Waals surface area contributed by atoms with Crippen LogP contribution in [0.2, 0.25) is 0 Å². The molecule has 0 unspecified atom stereocenters. The number of methoxy groups -OCH3 is 1. The van der Waals surface area contributed by atoms with Gasteiger partial charge in [0.1, 0.15) is 5.75 Å². The van der Waals surface area contributed by atoms with Crippen molar-refractivity contribution < 1.29 is 4.74 Å². The molecule has 2 rings (SSSR count). The monoisotopic (exact) mass is 225 g/mol. The van der Waals surface area contributed by atoms with Crippen LogP contribution in [0.1, 0.15) is 11.1 Å². The van der Waals surface area contributed by atoms with E-state index in [-0.39, 0.29) is 0 Å². The number of nitrogens with two attached hydrogens (primary N) is 1. The Morgan fingerprint density at radius 3 is 2.47 bits per heavy atom. The summed E-state index contributed by atoms with van der Waals surface area (Å²) in [6, 6.07) is 15.7. The van der Waals surface area contributed by atoms with E-state index in [2.05, 4.69) is 0 Å². The maximum absolute atomic E-state index is 5.90. The predicted molar refractivity (Wildman–Crippen MR) is 72.8 cm³/mol. The Bertz CT molecular complexity index is 518. The lowest BCUT2D eigenvalue weighted by Gasteiger charge is -2.04. The van der Waals surface area contributed by atoms with Crippen LogP contribution in [0.15, 0.2) is 48.5 Å². The van der Waals surface area contributed by atoms with Gasteiger partial charge in [-0.1, -0.05) is 42.5 Å². The Hall–Kier alpha value is -2.22. The molecule has 0 saturated carbocycles. The third-order valence-electron chi connectivity index (χ3n) is 2.55. The fraction of sp³-hybridized carbons (Fsp3) is 0.0667. The Kier molecular flexibility index (Phi) is 3.46. The van der Waals surface area contributed by atoms with Crippen LogP contribution in [-0.2, 0) is 0 Å². The first-order chi connectivity index (χ1) is 8.29. The minimum absolute atomic E-state index is 0.748. The van der Waals surface area contributed by atoms with Gasteiger partial charge in [-0.05, 0) is 23.8 Å². The number of ether oxygens (including phenoxy) is 1. The minimum Gasteiger partial charge on any atom is -0.497 e. The van der Waals surface area contributed by atoms with Crippen LogP contribution < -0.4 is 10.5 Å². The molecular weight excluding hydrogens is 210 g/mol. The summed E-state index contributed by atoms with van der Waals surface area (Å²) in [5.41, 5.74) is 8.76. The van der Waals surface area contributed by atoms with Gasteiger partial charge in [0.05, 0.1) is 7.11 Å². The van der Waals surface area contributed by atoms with Gasteiger partial charge in [0.25, 0.3) is 0 Å². The van der Waals surface area contributed by atoms with Crippen LogP contribution in [0.25, 0.3) is 12.2 Å². The van der Waals surface area contributed by atoms with Gasteiger partial charge in [-0.2, -0.15) is 0 Å². The van der Waals surface area contributed by atoms with E-state index in [0.29, 0.717) is 0 Å². The molecule has 86 valence electrons. The molecule has 0 saturated heterocycles. The van der Waals surface area contributed by atoms with Crippen molar-refractivity contribution in [2.75, 3.05) is 12.8 Å². The van der Waals surface area contributed by atoms with Gasteiger partial charge in [0.2, 0.25) is 0 Å². The van der Waals surface area contributed by atoms with Crippen LogP contribution in [0.3, 0.4) is 0 Å². The average molecular weight is 225 g/mol. The third kappa shape index (κ3) is 2.88. The quantitative estimate of drug-likeness (QED) is 0.641. The normalized spacial score (nSPS) is 10.6. The van der Waals surface area contributed by atoms with E-state index in [9.17, 15) is 0 Å². The largest absolute Gasteiger partial charge is 0.497 e. The second-order valence-corrected chi connectivity index (χ2v) is 3.74. The Morgan fingerprint density at radius 2 is 1.76 bits per heavy atom. The highest BCUT2D eigenvalue weighted by Crippen LogP contribution is 2.21. The summed E-state index contributed by atoms with van der Waals surface area (Å²) in [5.74, 6) is 0.812. The molecule has 2 nitrogen and oxygen atoms in total. The third-order valence-corrected chi connectivity index (χ3v) is 2.55. The summed E-state index contributed by atoms with van der Waals surface area (Å²) in [4.78, 5) is 0. The molecule has 17 heavy (non-hydrogen) atoms. The summed E-state index contributed by atoms with van der Waals surface area (Å²) in [6.07, 6.45) is 4.03.